The maximum Gasteiger partial charge on any atom is 0.254 e. The van der Waals surface area contributed by atoms with Gasteiger partial charge >= 0.3 is 0 Å². The Hall–Kier alpha value is -4.71. The van der Waals surface area contributed by atoms with Crippen LogP contribution in [0.1, 0.15) is 43.5 Å². The number of hydrogen-bond acceptors (Lipinski definition) is 9. The van der Waals surface area contributed by atoms with Gasteiger partial charge in [-0.05, 0) is 63.2 Å². The van der Waals surface area contributed by atoms with Gasteiger partial charge in [-0.1, -0.05) is 12.5 Å². The molecule has 0 radical (unpaired) electrons. The fourth-order valence-electron chi connectivity index (χ4n) is 4.96. The molecule has 1 aliphatic heterocycles. The molecule has 2 amide bonds. The van der Waals surface area contributed by atoms with E-state index in [-0.39, 0.29) is 29.3 Å². The van der Waals surface area contributed by atoms with Crippen LogP contribution >= 0.6 is 0 Å². The highest BCUT2D eigenvalue weighted by Gasteiger charge is 2.19. The Kier molecular flexibility index (Phi) is 8.29. The molecule has 5 rings (SSSR count). The van der Waals surface area contributed by atoms with Gasteiger partial charge in [-0.2, -0.15) is 10.1 Å². The fraction of sp³-hybridized carbons (Fsp3) is 0.345. The van der Waals surface area contributed by atoms with Gasteiger partial charge in [0.2, 0.25) is 11.9 Å². The van der Waals surface area contributed by atoms with Crippen molar-refractivity contribution in [1.82, 2.24) is 24.6 Å². The van der Waals surface area contributed by atoms with Crippen molar-refractivity contribution in [2.24, 2.45) is 12.8 Å². The summed E-state index contributed by atoms with van der Waals surface area (Å²) in [6.45, 7) is 6.28. The van der Waals surface area contributed by atoms with Crippen LogP contribution < -0.4 is 26.4 Å². The third kappa shape index (κ3) is 6.55. The zero-order valence-electron chi connectivity index (χ0n) is 23.5. The van der Waals surface area contributed by atoms with Gasteiger partial charge in [0, 0.05) is 37.3 Å². The number of aromatic nitrogens is 4. The maximum atomic E-state index is 12.2. The van der Waals surface area contributed by atoms with Gasteiger partial charge in [0.15, 0.2) is 0 Å². The van der Waals surface area contributed by atoms with Crippen LogP contribution in [0.5, 0.6) is 5.75 Å². The van der Waals surface area contributed by atoms with E-state index >= 15 is 0 Å². The Morgan fingerprint density at radius 1 is 1.07 bits per heavy atom. The smallest absolute Gasteiger partial charge is 0.254 e. The van der Waals surface area contributed by atoms with Crippen LogP contribution in [0.4, 0.5) is 28.8 Å². The maximum absolute atomic E-state index is 12.2. The van der Waals surface area contributed by atoms with E-state index in [0.717, 1.165) is 29.7 Å². The number of nitrogens with two attached hydrogens (primary N) is 1. The molecule has 0 saturated carbocycles. The summed E-state index contributed by atoms with van der Waals surface area (Å²) in [6, 6.07) is 11.4. The van der Waals surface area contributed by atoms with Crippen molar-refractivity contribution in [2.45, 2.75) is 39.2 Å². The Balaban J connectivity index is 1.36. The van der Waals surface area contributed by atoms with Crippen molar-refractivity contribution >= 4 is 51.5 Å². The van der Waals surface area contributed by atoms with Crippen molar-refractivity contribution in [3.05, 3.63) is 54.4 Å². The molecule has 0 spiro atoms. The number of amides is 2. The van der Waals surface area contributed by atoms with Gasteiger partial charge in [0.1, 0.15) is 23.7 Å². The number of benzene rings is 2. The van der Waals surface area contributed by atoms with E-state index in [1.807, 2.05) is 31.3 Å². The molecule has 2 aromatic carbocycles. The summed E-state index contributed by atoms with van der Waals surface area (Å²) in [6.07, 6.45) is 6.81. The first kappa shape index (κ1) is 27.8. The number of carbonyl (C=O) groups is 2. The number of anilines is 5. The molecule has 3 heterocycles. The van der Waals surface area contributed by atoms with Crippen LogP contribution in [0.25, 0.3) is 10.9 Å². The zero-order valence-corrected chi connectivity index (χ0v) is 23.5. The second-order valence-corrected chi connectivity index (χ2v) is 10.2. The number of carbonyl (C=O) groups excluding carboxylic acids is 2. The number of hydrogen-bond donors (Lipinski definition) is 4. The second-order valence-electron chi connectivity index (χ2n) is 10.2. The monoisotopic (exact) mass is 557 g/mol. The highest BCUT2D eigenvalue weighted by molar-refractivity contribution is 6.00. The molecular weight excluding hydrogens is 522 g/mol. The van der Waals surface area contributed by atoms with Crippen LogP contribution in [0, 0.1) is 0 Å². The van der Waals surface area contributed by atoms with Crippen LogP contribution in [0.15, 0.2) is 48.8 Å². The van der Waals surface area contributed by atoms with Crippen LogP contribution in [-0.2, 0) is 11.8 Å². The summed E-state index contributed by atoms with van der Waals surface area (Å²) in [5.74, 6) is 0.184. The SMILES string of the molecule is CC(=O)Nc1cc(Nc2ncc(C(N)=O)c(Nc3cccc4c3cnn4C)n2)ccc1OCC(C)N1CCCCC1. The van der Waals surface area contributed by atoms with E-state index in [1.54, 1.807) is 23.0 Å². The lowest BCUT2D eigenvalue weighted by Crippen LogP contribution is -2.40. The first-order chi connectivity index (χ1) is 19.8. The first-order valence-corrected chi connectivity index (χ1v) is 13.7. The standard InChI is InChI=1S/C29H35N9O3/c1-18(38-12-5-4-6-13-38)17-41-26-11-10-20(14-24(26)33-19(2)39)34-29-31-15-22(27(30)40)28(36-29)35-23-8-7-9-25-21(23)16-32-37(25)3/h7-11,14-16,18H,4-6,12-13,17H2,1-3H3,(H2,30,40)(H,33,39)(H2,31,34,35,36). The second kappa shape index (κ2) is 12.2. The number of nitrogens with zero attached hydrogens (tertiary/aromatic N) is 5. The average molecular weight is 558 g/mol. The molecular formula is C29H35N9O3. The third-order valence-electron chi connectivity index (χ3n) is 7.14. The summed E-state index contributed by atoms with van der Waals surface area (Å²) in [5, 5.41) is 14.4. The summed E-state index contributed by atoms with van der Waals surface area (Å²) >= 11 is 0. The molecule has 12 heteroatoms. The largest absolute Gasteiger partial charge is 0.490 e. The highest BCUT2D eigenvalue weighted by atomic mass is 16.5. The predicted octanol–water partition coefficient (Wildman–Crippen LogP) is 4.16. The van der Waals surface area contributed by atoms with Crippen molar-refractivity contribution < 1.29 is 14.3 Å². The van der Waals surface area contributed by atoms with Crippen LogP contribution in [0.2, 0.25) is 0 Å². The molecule has 41 heavy (non-hydrogen) atoms. The molecule has 4 aromatic rings. The van der Waals surface area contributed by atoms with Crippen LogP contribution in [-0.4, -0.2) is 62.2 Å². The molecule has 5 N–H and O–H groups in total. The molecule has 1 unspecified atom stereocenters. The highest BCUT2D eigenvalue weighted by Crippen LogP contribution is 2.31. The van der Waals surface area contributed by atoms with E-state index in [1.165, 1.54) is 32.4 Å². The summed E-state index contributed by atoms with van der Waals surface area (Å²) < 4.78 is 7.90. The molecule has 214 valence electrons. The number of likely N-dealkylation sites (tertiary alicyclic amines) is 1. The van der Waals surface area contributed by atoms with Gasteiger partial charge in [-0.15, -0.1) is 0 Å². The normalized spacial score (nSPS) is 14.4. The summed E-state index contributed by atoms with van der Waals surface area (Å²) in [5.41, 5.74) is 8.55. The number of ether oxygens (including phenoxy) is 1. The zero-order chi connectivity index (χ0) is 28.9. The third-order valence-corrected chi connectivity index (χ3v) is 7.14. The Morgan fingerprint density at radius 3 is 2.63 bits per heavy atom. The van der Waals surface area contributed by atoms with Crippen molar-refractivity contribution in [3.63, 3.8) is 0 Å². The summed E-state index contributed by atoms with van der Waals surface area (Å²) in [7, 11) is 1.86. The lowest BCUT2D eigenvalue weighted by atomic mass is 10.1. The van der Waals surface area contributed by atoms with E-state index in [4.69, 9.17) is 10.5 Å². The van der Waals surface area contributed by atoms with Gasteiger partial charge in [0.05, 0.1) is 23.1 Å². The van der Waals surface area contributed by atoms with E-state index in [0.29, 0.717) is 23.7 Å². The number of aryl methyl sites for hydroxylation is 1. The van der Waals surface area contributed by atoms with Gasteiger partial charge in [-0.3, -0.25) is 19.2 Å². The van der Waals surface area contributed by atoms with Crippen molar-refractivity contribution in [2.75, 3.05) is 35.6 Å². The van der Waals surface area contributed by atoms with Crippen LogP contribution in [0.3, 0.4) is 0 Å². The lowest BCUT2D eigenvalue weighted by Gasteiger charge is -2.32. The van der Waals surface area contributed by atoms with Gasteiger partial charge < -0.3 is 26.4 Å². The molecule has 0 bridgehead atoms. The molecule has 1 atom stereocenters. The van der Waals surface area contributed by atoms with Crippen molar-refractivity contribution in [3.8, 4) is 5.75 Å². The predicted molar refractivity (Wildman–Crippen MR) is 159 cm³/mol. The van der Waals surface area contributed by atoms with E-state index in [2.05, 4.69) is 42.8 Å². The van der Waals surface area contributed by atoms with Gasteiger partial charge in [0.25, 0.3) is 5.91 Å². The minimum atomic E-state index is -0.661. The summed E-state index contributed by atoms with van der Waals surface area (Å²) in [4.78, 5) is 35.4. The molecule has 1 saturated heterocycles. The number of piperidine rings is 1. The topological polar surface area (TPSA) is 152 Å². The van der Waals surface area contributed by atoms with E-state index in [9.17, 15) is 9.59 Å². The molecule has 2 aromatic heterocycles. The number of nitrogens with one attached hydrogen (secondary N) is 3. The minimum Gasteiger partial charge on any atom is -0.490 e. The molecule has 0 aliphatic carbocycles. The molecule has 1 aliphatic rings. The fourth-order valence-corrected chi connectivity index (χ4v) is 4.96. The Bertz CT molecular complexity index is 1560. The first-order valence-electron chi connectivity index (χ1n) is 13.7. The number of fused-ring (bicyclic) bond motifs is 1. The van der Waals surface area contributed by atoms with E-state index < -0.39 is 5.91 Å². The van der Waals surface area contributed by atoms with Gasteiger partial charge in [-0.25, -0.2) is 4.98 Å². The lowest BCUT2D eigenvalue weighted by molar-refractivity contribution is -0.114. The Morgan fingerprint density at radius 2 is 1.88 bits per heavy atom. The van der Waals surface area contributed by atoms with Crippen molar-refractivity contribution in [1.29, 1.82) is 0 Å². The average Bonchev–Trinajstić information content (AvgIpc) is 3.34. The number of primary amides is 1. The minimum absolute atomic E-state index is 0.141. The quantitative estimate of drug-likeness (QED) is 0.225. The molecule has 12 nitrogen and oxygen atoms in total. The Labute approximate surface area is 238 Å². The molecule has 1 fully saturated rings. The number of rotatable bonds is 10.